The topological polar surface area (TPSA) is 82.0 Å². The third kappa shape index (κ3) is 14.0. The lowest BCUT2D eigenvalue weighted by molar-refractivity contribution is -0.115. The van der Waals surface area contributed by atoms with Gasteiger partial charge in [0.1, 0.15) is 11.6 Å². The van der Waals surface area contributed by atoms with E-state index in [1.807, 2.05) is 71.9 Å². The van der Waals surface area contributed by atoms with Crippen LogP contribution in [0.25, 0.3) is 12.7 Å². The van der Waals surface area contributed by atoms with Crippen molar-refractivity contribution in [3.05, 3.63) is 105 Å². The number of aromatic nitrogens is 1. The second kappa shape index (κ2) is 20.6. The molecule has 0 bridgehead atoms. The number of aliphatic imine (C=N–C) groups is 1. The maximum absolute atomic E-state index is 14.8. The third-order valence-corrected chi connectivity index (χ3v) is 6.32. The lowest BCUT2D eigenvalue weighted by Crippen LogP contribution is -2.19. The van der Waals surface area contributed by atoms with Crippen molar-refractivity contribution in [3.8, 4) is 0 Å². The first-order valence-corrected chi connectivity index (χ1v) is 14.9. The lowest BCUT2D eigenvalue weighted by atomic mass is 10.1. The average molecular weight is 610 g/mol. The fourth-order valence-electron chi connectivity index (χ4n) is 3.29. The molecule has 0 atom stereocenters. The summed E-state index contributed by atoms with van der Waals surface area (Å²) in [5.41, 5.74) is 2.23. The molecule has 43 heavy (non-hydrogen) atoms. The van der Waals surface area contributed by atoms with Crippen molar-refractivity contribution in [1.29, 1.82) is 0 Å². The number of amides is 1. The summed E-state index contributed by atoms with van der Waals surface area (Å²) in [6, 6.07) is 9.40. The van der Waals surface area contributed by atoms with Gasteiger partial charge in [-0.15, -0.1) is 0 Å². The molecular weight excluding hydrogens is 565 g/mol. The first kappa shape index (κ1) is 36.8. The number of rotatable bonds is 14. The summed E-state index contributed by atoms with van der Waals surface area (Å²) < 4.78 is 32.0. The van der Waals surface area contributed by atoms with Crippen LogP contribution >= 0.6 is 11.3 Å². The number of hydrogen-bond acceptors (Lipinski definition) is 7. The lowest BCUT2D eigenvalue weighted by Gasteiger charge is -2.13. The second-order valence-corrected chi connectivity index (χ2v) is 10.0. The highest BCUT2D eigenvalue weighted by Crippen LogP contribution is 2.24. The minimum atomic E-state index is -0.545. The molecule has 0 radical (unpaired) electrons. The number of ether oxygens (including phenoxy) is 3. The van der Waals surface area contributed by atoms with Crippen molar-refractivity contribution in [3.63, 3.8) is 0 Å². The number of benzene rings is 1. The Morgan fingerprint density at radius 1 is 1.16 bits per heavy atom. The van der Waals surface area contributed by atoms with Crippen molar-refractivity contribution in [1.82, 2.24) is 4.98 Å². The van der Waals surface area contributed by atoms with Gasteiger partial charge in [0.05, 0.1) is 42.0 Å². The van der Waals surface area contributed by atoms with E-state index >= 15 is 0 Å². The van der Waals surface area contributed by atoms with Gasteiger partial charge in [-0.2, -0.15) is 0 Å². The van der Waals surface area contributed by atoms with E-state index in [0.29, 0.717) is 38.5 Å². The molecular formula is C34H44FN3O4S. The molecule has 1 N–H and O–H groups in total. The van der Waals surface area contributed by atoms with Crippen LogP contribution in [-0.4, -0.2) is 30.8 Å². The zero-order valence-electron chi connectivity index (χ0n) is 26.5. The summed E-state index contributed by atoms with van der Waals surface area (Å²) in [6.07, 6.45) is 10.9. The van der Waals surface area contributed by atoms with Gasteiger partial charge in [0, 0.05) is 24.1 Å². The minimum Gasteiger partial charge on any atom is -0.504 e. The SMILES string of the molecule is C=c1nc(NC(=O)Cc2ccccc2)s/c1=C/C(OC(/C(C)=C\N=C\C=C(/C)OCCC)=C(C)\C=C\OC)=C(\C)F.CC. The van der Waals surface area contributed by atoms with E-state index in [1.54, 1.807) is 24.6 Å². The van der Waals surface area contributed by atoms with Crippen LogP contribution in [0.15, 0.2) is 94.2 Å². The molecule has 1 amide bonds. The van der Waals surface area contributed by atoms with E-state index in [2.05, 4.69) is 21.9 Å². The molecule has 2 aromatic rings. The van der Waals surface area contributed by atoms with E-state index in [4.69, 9.17) is 14.2 Å². The zero-order chi connectivity index (χ0) is 32.2. The molecule has 0 saturated carbocycles. The number of anilines is 1. The Hall–Kier alpha value is -4.24. The molecule has 232 valence electrons. The Bertz CT molecular complexity index is 1460. The van der Waals surface area contributed by atoms with Gasteiger partial charge in [-0.05, 0) is 57.4 Å². The molecule has 0 aliphatic rings. The maximum Gasteiger partial charge on any atom is 0.230 e. The zero-order valence-corrected chi connectivity index (χ0v) is 27.3. The monoisotopic (exact) mass is 609 g/mol. The molecule has 0 saturated heterocycles. The predicted molar refractivity (Wildman–Crippen MR) is 177 cm³/mol. The molecule has 1 aromatic carbocycles. The number of allylic oxidation sites excluding steroid dienone is 7. The van der Waals surface area contributed by atoms with Crippen molar-refractivity contribution in [2.45, 2.75) is 61.3 Å². The Kier molecular flexibility index (Phi) is 17.6. The molecule has 1 aromatic heterocycles. The van der Waals surface area contributed by atoms with Crippen LogP contribution in [0.5, 0.6) is 0 Å². The highest BCUT2D eigenvalue weighted by molar-refractivity contribution is 7.13. The fraction of sp³-hybridized carbons (Fsp3) is 0.324. The van der Waals surface area contributed by atoms with Crippen LogP contribution in [0.3, 0.4) is 0 Å². The van der Waals surface area contributed by atoms with Crippen LogP contribution in [0.4, 0.5) is 9.52 Å². The van der Waals surface area contributed by atoms with Gasteiger partial charge in [-0.25, -0.2) is 9.37 Å². The number of carbonyl (C=O) groups is 1. The number of thiazole rings is 1. The Balaban J connectivity index is 0.00000452. The van der Waals surface area contributed by atoms with Crippen molar-refractivity contribution in [2.75, 3.05) is 19.0 Å². The quantitative estimate of drug-likeness (QED) is 0.136. The molecule has 9 heteroatoms. The van der Waals surface area contributed by atoms with Crippen LogP contribution in [0, 0.1) is 0 Å². The normalized spacial score (nSPS) is 13.7. The van der Waals surface area contributed by atoms with Gasteiger partial charge in [0.15, 0.2) is 10.9 Å². The summed E-state index contributed by atoms with van der Waals surface area (Å²) in [7, 11) is 1.53. The van der Waals surface area contributed by atoms with Gasteiger partial charge in [0.25, 0.3) is 0 Å². The second-order valence-electron chi connectivity index (χ2n) is 8.97. The third-order valence-electron chi connectivity index (χ3n) is 5.36. The first-order chi connectivity index (χ1) is 20.6. The Morgan fingerprint density at radius 3 is 2.49 bits per heavy atom. The number of methoxy groups -OCH3 is 1. The van der Waals surface area contributed by atoms with Gasteiger partial charge >= 0.3 is 0 Å². The van der Waals surface area contributed by atoms with Gasteiger partial charge < -0.3 is 19.5 Å². The average Bonchev–Trinajstić information content (AvgIpc) is 3.33. The van der Waals surface area contributed by atoms with Crippen molar-refractivity contribution < 1.29 is 23.4 Å². The molecule has 0 spiro atoms. The van der Waals surface area contributed by atoms with Gasteiger partial charge in [0.2, 0.25) is 5.91 Å². The number of hydrogen-bond donors (Lipinski definition) is 1. The standard InChI is InChI=1S/C32H38FN3O4S.C2H6/c1-8-17-39-24(4)14-16-34-21-23(3)31(22(2)15-18-38-7)40-28(25(5)33)20-29-26(6)35-32(41-29)36-30(37)19-27-12-10-9-11-13-27;1-2/h9-16,18,20-21H,6,8,17,19H2,1-5,7H3,(H,35,36,37);1-2H3/b18-15+,23-21-,24-14+,28-25-,29-20+,31-22-,34-16+;. The summed E-state index contributed by atoms with van der Waals surface area (Å²) in [4.78, 5) is 21.1. The first-order valence-electron chi connectivity index (χ1n) is 14.1. The predicted octanol–water partition coefficient (Wildman–Crippen LogP) is 7.50. The van der Waals surface area contributed by atoms with E-state index in [0.717, 1.165) is 17.7 Å². The highest BCUT2D eigenvalue weighted by atomic mass is 32.1. The molecule has 0 aliphatic carbocycles. The maximum atomic E-state index is 14.8. The number of nitrogens with zero attached hydrogens (tertiary/aromatic N) is 2. The molecule has 0 aliphatic heterocycles. The van der Waals surface area contributed by atoms with Crippen LogP contribution in [0.2, 0.25) is 0 Å². The summed E-state index contributed by atoms with van der Waals surface area (Å²) in [6.45, 7) is 17.4. The van der Waals surface area contributed by atoms with Gasteiger partial charge in [-0.3, -0.25) is 9.79 Å². The van der Waals surface area contributed by atoms with Crippen molar-refractivity contribution >= 4 is 41.2 Å². The van der Waals surface area contributed by atoms with Gasteiger partial charge in [-0.1, -0.05) is 69.0 Å². The van der Waals surface area contributed by atoms with E-state index in [9.17, 15) is 9.18 Å². The van der Waals surface area contributed by atoms with E-state index < -0.39 is 5.83 Å². The van der Waals surface area contributed by atoms with E-state index in [-0.39, 0.29) is 18.1 Å². The number of halogens is 1. The molecule has 2 rings (SSSR count). The number of carbonyl (C=O) groups excluding carboxylic acids is 1. The highest BCUT2D eigenvalue weighted by Gasteiger charge is 2.12. The summed E-state index contributed by atoms with van der Waals surface area (Å²) >= 11 is 1.18. The largest absolute Gasteiger partial charge is 0.504 e. The minimum absolute atomic E-state index is 0.0266. The molecule has 1 heterocycles. The van der Waals surface area contributed by atoms with E-state index in [1.165, 1.54) is 37.7 Å². The Morgan fingerprint density at radius 2 is 1.86 bits per heavy atom. The van der Waals surface area contributed by atoms with Crippen molar-refractivity contribution in [2.24, 2.45) is 4.99 Å². The fourth-order valence-corrected chi connectivity index (χ4v) is 4.15. The van der Waals surface area contributed by atoms with Crippen LogP contribution < -0.4 is 15.2 Å². The Labute approximate surface area is 259 Å². The molecule has 7 nitrogen and oxygen atoms in total. The number of nitrogens with one attached hydrogen (secondary N) is 1. The molecule has 0 fully saturated rings. The summed E-state index contributed by atoms with van der Waals surface area (Å²) in [5, 5.41) is 3.54. The van der Waals surface area contributed by atoms with Crippen LogP contribution in [-0.2, 0) is 25.4 Å². The smallest absolute Gasteiger partial charge is 0.230 e. The van der Waals surface area contributed by atoms with Crippen LogP contribution in [0.1, 0.15) is 60.5 Å². The molecule has 0 unspecified atom stereocenters. The summed E-state index contributed by atoms with van der Waals surface area (Å²) in [5.74, 6) is 0.370.